The van der Waals surface area contributed by atoms with Crippen LogP contribution in [0.4, 0.5) is 0 Å². The predicted octanol–water partition coefficient (Wildman–Crippen LogP) is 2.27. The first-order valence-corrected chi connectivity index (χ1v) is 10.6. The lowest BCUT2D eigenvalue weighted by Gasteiger charge is -2.46. The van der Waals surface area contributed by atoms with Gasteiger partial charge in [0.15, 0.2) is 11.5 Å². The Morgan fingerprint density at radius 2 is 2.00 bits per heavy atom. The van der Waals surface area contributed by atoms with Gasteiger partial charge in [0, 0.05) is 33.1 Å². The monoisotopic (exact) mass is 417 g/mol. The summed E-state index contributed by atoms with van der Waals surface area (Å²) in [4.78, 5) is 17.7. The summed E-state index contributed by atoms with van der Waals surface area (Å²) in [5, 5.41) is 1.20. The molecule has 3 unspecified atom stereocenters. The van der Waals surface area contributed by atoms with Crippen LogP contribution in [0.15, 0.2) is 24.0 Å². The number of aromatic amines is 1. The van der Waals surface area contributed by atoms with Crippen molar-refractivity contribution >= 4 is 16.9 Å². The Morgan fingerprint density at radius 3 is 2.73 bits per heavy atom. The second-order valence-corrected chi connectivity index (χ2v) is 8.60. The average Bonchev–Trinajstić information content (AvgIpc) is 3.14. The normalized spacial score (nSPS) is 29.7. The summed E-state index contributed by atoms with van der Waals surface area (Å²) in [5.41, 5.74) is 4.39. The van der Waals surface area contributed by atoms with E-state index in [9.17, 15) is 4.79 Å². The van der Waals surface area contributed by atoms with E-state index in [1.807, 2.05) is 6.07 Å². The lowest BCUT2D eigenvalue weighted by Crippen LogP contribution is -3.15. The highest BCUT2D eigenvalue weighted by Gasteiger charge is 2.49. The van der Waals surface area contributed by atoms with Gasteiger partial charge in [0.2, 0.25) is 0 Å². The van der Waals surface area contributed by atoms with Crippen LogP contribution in [0.25, 0.3) is 10.9 Å². The van der Waals surface area contributed by atoms with Gasteiger partial charge in [-0.1, -0.05) is 0 Å². The van der Waals surface area contributed by atoms with E-state index in [-0.39, 0.29) is 20.8 Å². The number of nitrogens with one attached hydrogen (secondary N) is 2. The van der Waals surface area contributed by atoms with E-state index in [2.05, 4.69) is 18.0 Å². The summed E-state index contributed by atoms with van der Waals surface area (Å²) in [6.07, 6.45) is 3.66. The minimum Gasteiger partial charge on any atom is -0.497 e. The van der Waals surface area contributed by atoms with Gasteiger partial charge in [-0.25, -0.2) is 4.79 Å². The van der Waals surface area contributed by atoms with E-state index >= 15 is 0 Å². The molecule has 3 aliphatic heterocycles. The molecule has 0 radical (unpaired) electrons. The summed E-state index contributed by atoms with van der Waals surface area (Å²) in [6, 6.07) is 4.42. The number of fused-ring (bicyclic) bond motifs is 6. The summed E-state index contributed by atoms with van der Waals surface area (Å²) in [6.45, 7) is 4.18. The SMILES string of the molecule is COC(=O)C1=CO[C@H](C)[C@H]2C[NH+]3CCc4c([nH]c5cc(OC)c(OC)cc45)C3CC12.[HH].[HH]. The van der Waals surface area contributed by atoms with Crippen LogP contribution < -0.4 is 14.4 Å². The fraction of sp³-hybridized carbons (Fsp3) is 0.522. The molecule has 3 aliphatic rings. The number of quaternary nitrogens is 1. The topological polar surface area (TPSA) is 74.2 Å². The summed E-state index contributed by atoms with van der Waals surface area (Å²) in [7, 11) is 4.77. The number of hydrogen-bond acceptors (Lipinski definition) is 5. The molecule has 0 amide bonds. The van der Waals surface area contributed by atoms with E-state index in [1.165, 1.54) is 23.8 Å². The van der Waals surface area contributed by atoms with Crippen LogP contribution in [-0.4, -0.2) is 51.5 Å². The zero-order chi connectivity index (χ0) is 21.0. The molecule has 164 valence electrons. The number of piperidine rings is 1. The predicted molar refractivity (Wildman–Crippen MR) is 115 cm³/mol. The van der Waals surface area contributed by atoms with Crippen molar-refractivity contribution in [2.75, 3.05) is 34.4 Å². The van der Waals surface area contributed by atoms with E-state index in [4.69, 9.17) is 18.9 Å². The average molecular weight is 418 g/mol. The highest BCUT2D eigenvalue weighted by Crippen LogP contribution is 2.42. The molecule has 2 aromatic rings. The molecular formula is C23H33N2O5+. The highest BCUT2D eigenvalue weighted by molar-refractivity contribution is 5.89. The zero-order valence-corrected chi connectivity index (χ0v) is 17.9. The lowest BCUT2D eigenvalue weighted by molar-refractivity contribution is -0.944. The van der Waals surface area contributed by atoms with Crippen LogP contribution in [0.1, 0.15) is 33.5 Å². The molecule has 1 aromatic carbocycles. The molecule has 1 saturated heterocycles. The van der Waals surface area contributed by atoms with E-state index in [0.29, 0.717) is 17.5 Å². The second-order valence-electron chi connectivity index (χ2n) is 8.60. The third kappa shape index (κ3) is 2.79. The van der Waals surface area contributed by atoms with Gasteiger partial charge in [-0.2, -0.15) is 0 Å². The minimum atomic E-state index is -0.275. The number of benzene rings is 1. The molecule has 2 N–H and O–H groups in total. The third-order valence-corrected chi connectivity index (χ3v) is 7.32. The molecule has 4 heterocycles. The Bertz CT molecular complexity index is 1040. The minimum absolute atomic E-state index is 0. The van der Waals surface area contributed by atoms with E-state index in [0.717, 1.165) is 42.9 Å². The molecule has 0 spiro atoms. The van der Waals surface area contributed by atoms with Crippen LogP contribution in [0.2, 0.25) is 0 Å². The molecule has 7 nitrogen and oxygen atoms in total. The maximum atomic E-state index is 12.4. The smallest absolute Gasteiger partial charge is 0.337 e. The number of aromatic nitrogens is 1. The molecule has 5 atom stereocenters. The van der Waals surface area contributed by atoms with Crippen LogP contribution in [0.3, 0.4) is 0 Å². The van der Waals surface area contributed by atoms with Gasteiger partial charge in [0.1, 0.15) is 12.1 Å². The zero-order valence-electron chi connectivity index (χ0n) is 17.9. The Morgan fingerprint density at radius 1 is 1.23 bits per heavy atom. The van der Waals surface area contributed by atoms with Crippen molar-refractivity contribution in [3.05, 3.63) is 35.2 Å². The van der Waals surface area contributed by atoms with Crippen LogP contribution >= 0.6 is 0 Å². The van der Waals surface area contributed by atoms with Gasteiger partial charge >= 0.3 is 5.97 Å². The van der Waals surface area contributed by atoms with Crippen molar-refractivity contribution in [3.8, 4) is 11.5 Å². The van der Waals surface area contributed by atoms with Crippen molar-refractivity contribution in [3.63, 3.8) is 0 Å². The van der Waals surface area contributed by atoms with Crippen molar-refractivity contribution in [2.24, 2.45) is 11.8 Å². The Labute approximate surface area is 178 Å². The molecule has 0 saturated carbocycles. The molecular weight excluding hydrogens is 384 g/mol. The van der Waals surface area contributed by atoms with E-state index < -0.39 is 0 Å². The van der Waals surface area contributed by atoms with Crippen molar-refractivity contribution in [1.29, 1.82) is 0 Å². The fourth-order valence-electron chi connectivity index (χ4n) is 5.77. The van der Waals surface area contributed by atoms with Crippen molar-refractivity contribution < 1.29 is 31.5 Å². The molecule has 30 heavy (non-hydrogen) atoms. The Balaban J connectivity index is 0.00000144. The van der Waals surface area contributed by atoms with Gasteiger partial charge in [-0.3, -0.25) is 0 Å². The first-order chi connectivity index (χ1) is 14.5. The van der Waals surface area contributed by atoms with Crippen molar-refractivity contribution in [2.45, 2.75) is 31.9 Å². The Kier molecular flexibility index (Phi) is 4.65. The molecule has 1 fully saturated rings. The van der Waals surface area contributed by atoms with Gasteiger partial charge in [-0.05, 0) is 18.6 Å². The number of rotatable bonds is 3. The number of H-pyrrole nitrogens is 1. The number of esters is 1. The number of carbonyl (C=O) groups is 1. The van der Waals surface area contributed by atoms with Gasteiger partial charge in [0.05, 0.1) is 63.4 Å². The van der Waals surface area contributed by atoms with Gasteiger partial charge < -0.3 is 28.8 Å². The summed E-state index contributed by atoms with van der Waals surface area (Å²) in [5.74, 6) is 1.67. The van der Waals surface area contributed by atoms with Crippen LogP contribution in [0, 0.1) is 11.8 Å². The van der Waals surface area contributed by atoms with Gasteiger partial charge in [-0.15, -0.1) is 0 Å². The largest absolute Gasteiger partial charge is 0.497 e. The number of hydrogen-bond donors (Lipinski definition) is 2. The second kappa shape index (κ2) is 7.23. The molecule has 0 aliphatic carbocycles. The summed E-state index contributed by atoms with van der Waals surface area (Å²) >= 11 is 0. The van der Waals surface area contributed by atoms with Crippen LogP contribution in [0.5, 0.6) is 11.5 Å². The first kappa shape index (κ1) is 19.3. The molecule has 5 rings (SSSR count). The van der Waals surface area contributed by atoms with Crippen LogP contribution in [-0.2, 0) is 20.7 Å². The first-order valence-electron chi connectivity index (χ1n) is 10.6. The fourth-order valence-corrected chi connectivity index (χ4v) is 5.77. The highest BCUT2D eigenvalue weighted by atomic mass is 16.5. The molecule has 0 bridgehead atoms. The quantitative estimate of drug-likeness (QED) is 0.750. The third-order valence-electron chi connectivity index (χ3n) is 7.32. The number of methoxy groups -OCH3 is 3. The number of ether oxygens (including phenoxy) is 4. The molecule has 7 heteroatoms. The van der Waals surface area contributed by atoms with E-state index in [1.54, 1.807) is 25.4 Å². The number of carbonyl (C=O) groups excluding carboxylic acids is 1. The molecule has 1 aromatic heterocycles. The maximum Gasteiger partial charge on any atom is 0.337 e. The standard InChI is InChI=1S/C23H28N2O5.2H2/c1-12-16-10-25-6-5-13-15-8-20(27-2)21(28-3)9-18(15)24-22(13)19(25)7-14(16)17(11-30-12)23(26)29-4;;/h8-9,11-12,14,16,19,24H,5-7,10H2,1-4H3;2*1H/p+1/t12-,14?,16-,19?;;/m1../s1. The van der Waals surface area contributed by atoms with Crippen molar-refractivity contribution in [1.82, 2.24) is 4.98 Å². The summed E-state index contributed by atoms with van der Waals surface area (Å²) < 4.78 is 21.9. The Hall–Kier alpha value is -2.67. The lowest BCUT2D eigenvalue weighted by atomic mass is 9.72. The maximum absolute atomic E-state index is 12.4. The van der Waals surface area contributed by atoms with Gasteiger partial charge in [0.25, 0.3) is 0 Å².